The third-order valence-electron chi connectivity index (χ3n) is 5.82. The van der Waals surface area contributed by atoms with Gasteiger partial charge in [0, 0.05) is 12.1 Å². The zero-order valence-electron chi connectivity index (χ0n) is 21.7. The first kappa shape index (κ1) is 28.8. The van der Waals surface area contributed by atoms with Gasteiger partial charge in [0.25, 0.3) is 17.5 Å². The summed E-state index contributed by atoms with van der Waals surface area (Å²) in [7, 11) is 1.22. The second-order valence-electron chi connectivity index (χ2n) is 8.47. The molecule has 0 aliphatic carbocycles. The summed E-state index contributed by atoms with van der Waals surface area (Å²) >= 11 is 6.48. The molecule has 41 heavy (non-hydrogen) atoms. The second-order valence-corrected chi connectivity index (χ2v) is 8.88. The summed E-state index contributed by atoms with van der Waals surface area (Å²) in [5.74, 6) is -1.98. The van der Waals surface area contributed by atoms with Crippen molar-refractivity contribution < 1.29 is 38.3 Å². The first-order chi connectivity index (χ1) is 19.6. The van der Waals surface area contributed by atoms with Gasteiger partial charge in [0.05, 0.1) is 34.9 Å². The zero-order chi connectivity index (χ0) is 29.7. The van der Waals surface area contributed by atoms with Crippen molar-refractivity contribution in [1.29, 1.82) is 0 Å². The predicted octanol–water partition coefficient (Wildman–Crippen LogP) is 4.68. The monoisotopic (exact) mass is 579 g/mol. The van der Waals surface area contributed by atoms with E-state index in [1.165, 1.54) is 61.7 Å². The van der Waals surface area contributed by atoms with Crippen LogP contribution in [-0.4, -0.2) is 42.5 Å². The molecule has 1 saturated heterocycles. The highest BCUT2D eigenvalue weighted by Crippen LogP contribution is 2.38. The molecule has 0 saturated carbocycles. The van der Waals surface area contributed by atoms with Crippen molar-refractivity contribution in [3.05, 3.63) is 98.1 Å². The van der Waals surface area contributed by atoms with Gasteiger partial charge in [-0.2, -0.15) is 0 Å². The van der Waals surface area contributed by atoms with Crippen molar-refractivity contribution in [1.82, 2.24) is 5.32 Å². The number of carbonyl (C=O) groups excluding carboxylic acids is 4. The van der Waals surface area contributed by atoms with Gasteiger partial charge in [-0.3, -0.25) is 25.0 Å². The maximum absolute atomic E-state index is 13.3. The molecule has 1 fully saturated rings. The molecule has 1 heterocycles. The van der Waals surface area contributed by atoms with Gasteiger partial charge >= 0.3 is 12.0 Å². The number of carbonyl (C=O) groups is 4. The number of nitro benzene ring substituents is 1. The summed E-state index contributed by atoms with van der Waals surface area (Å²) in [6, 6.07) is 13.3. The number of imide groups is 2. The Labute approximate surface area is 238 Å². The molecule has 1 aliphatic rings. The number of urea groups is 1. The fourth-order valence-electron chi connectivity index (χ4n) is 3.87. The molecule has 0 unspecified atom stereocenters. The molecule has 0 radical (unpaired) electrons. The van der Waals surface area contributed by atoms with Gasteiger partial charge in [-0.15, -0.1) is 0 Å². The average Bonchev–Trinajstić information content (AvgIpc) is 2.95. The van der Waals surface area contributed by atoms with Crippen LogP contribution in [0.5, 0.6) is 11.5 Å². The van der Waals surface area contributed by atoms with Crippen LogP contribution in [0.4, 0.5) is 16.2 Å². The highest BCUT2D eigenvalue weighted by molar-refractivity contribution is 6.39. The molecule has 210 valence electrons. The number of nitrogens with one attached hydrogen (secondary N) is 1. The summed E-state index contributed by atoms with van der Waals surface area (Å²) < 4.78 is 16.2. The number of non-ortho nitro benzene ring substituents is 1. The largest absolute Gasteiger partial charge is 0.490 e. The number of nitrogens with zero attached hydrogens (tertiary/aromatic N) is 2. The molecular formula is C28H22ClN3O9. The third kappa shape index (κ3) is 6.34. The maximum atomic E-state index is 13.3. The lowest BCUT2D eigenvalue weighted by atomic mass is 10.1. The van der Waals surface area contributed by atoms with E-state index in [2.05, 4.69) is 10.1 Å². The smallest absolute Gasteiger partial charge is 0.337 e. The molecule has 4 rings (SSSR count). The van der Waals surface area contributed by atoms with E-state index in [4.69, 9.17) is 21.1 Å². The molecule has 0 spiro atoms. The van der Waals surface area contributed by atoms with Crippen LogP contribution in [0.2, 0.25) is 5.02 Å². The minimum absolute atomic E-state index is 0.0327. The molecule has 12 nitrogen and oxygen atoms in total. The van der Waals surface area contributed by atoms with Crippen LogP contribution in [-0.2, 0) is 20.9 Å². The highest BCUT2D eigenvalue weighted by Gasteiger charge is 2.37. The Hall–Kier alpha value is -5.23. The Morgan fingerprint density at radius 3 is 2.34 bits per heavy atom. The van der Waals surface area contributed by atoms with Crippen LogP contribution >= 0.6 is 11.6 Å². The number of hydrogen-bond donors (Lipinski definition) is 1. The number of nitro groups is 1. The van der Waals surface area contributed by atoms with Gasteiger partial charge in [0.1, 0.15) is 12.2 Å². The van der Waals surface area contributed by atoms with Crippen LogP contribution in [0, 0.1) is 10.1 Å². The van der Waals surface area contributed by atoms with Crippen molar-refractivity contribution >= 4 is 52.9 Å². The van der Waals surface area contributed by atoms with E-state index >= 15 is 0 Å². The quantitative estimate of drug-likeness (QED) is 0.125. The number of hydrogen-bond acceptors (Lipinski definition) is 9. The molecule has 0 bridgehead atoms. The van der Waals surface area contributed by atoms with Gasteiger partial charge in [-0.1, -0.05) is 11.6 Å². The average molecular weight is 580 g/mol. The van der Waals surface area contributed by atoms with Crippen LogP contribution in [0.25, 0.3) is 6.08 Å². The van der Waals surface area contributed by atoms with E-state index in [0.717, 1.165) is 4.90 Å². The van der Waals surface area contributed by atoms with E-state index in [1.807, 2.05) is 0 Å². The van der Waals surface area contributed by atoms with Gasteiger partial charge in [-0.25, -0.2) is 14.5 Å². The predicted molar refractivity (Wildman–Crippen MR) is 147 cm³/mol. The molecule has 1 N–H and O–H groups in total. The summed E-state index contributed by atoms with van der Waals surface area (Å²) in [4.78, 5) is 61.3. The molecule has 0 atom stereocenters. The number of esters is 1. The fourth-order valence-corrected chi connectivity index (χ4v) is 4.14. The van der Waals surface area contributed by atoms with E-state index in [9.17, 15) is 29.3 Å². The van der Waals surface area contributed by atoms with Gasteiger partial charge in [-0.05, 0) is 72.7 Å². The lowest BCUT2D eigenvalue weighted by Gasteiger charge is -2.26. The van der Waals surface area contributed by atoms with Crippen LogP contribution < -0.4 is 19.7 Å². The molecule has 3 aromatic carbocycles. The topological polar surface area (TPSA) is 154 Å². The number of halogens is 1. The number of benzene rings is 3. The third-order valence-corrected chi connectivity index (χ3v) is 6.10. The normalized spacial score (nSPS) is 14.1. The molecule has 3 aromatic rings. The molecule has 1 aliphatic heterocycles. The fraction of sp³-hybridized carbons (Fsp3) is 0.143. The number of amides is 4. The summed E-state index contributed by atoms with van der Waals surface area (Å²) in [5, 5.41) is 13.1. The van der Waals surface area contributed by atoms with E-state index in [-0.39, 0.29) is 52.2 Å². The number of rotatable bonds is 9. The lowest BCUT2D eigenvalue weighted by molar-refractivity contribution is -0.384. The highest BCUT2D eigenvalue weighted by atomic mass is 35.5. The Morgan fingerprint density at radius 1 is 1.05 bits per heavy atom. The summed E-state index contributed by atoms with van der Waals surface area (Å²) in [6.07, 6.45) is 1.26. The minimum atomic E-state index is -0.953. The Morgan fingerprint density at radius 2 is 1.73 bits per heavy atom. The van der Waals surface area contributed by atoms with Gasteiger partial charge < -0.3 is 14.2 Å². The summed E-state index contributed by atoms with van der Waals surface area (Å²) in [5.41, 5.74) is 0.895. The SMILES string of the molecule is CCOc1cc(/C=C2\C(=O)NC(=O)N(c3ccc(C(=O)OC)cc3)C2=O)cc(Cl)c1OCc1ccc([N+](=O)[O-])cc1. The van der Waals surface area contributed by atoms with Gasteiger partial charge in [0.15, 0.2) is 11.5 Å². The Bertz CT molecular complexity index is 1570. The Kier molecular flexibility index (Phi) is 8.63. The molecule has 4 amide bonds. The van der Waals surface area contributed by atoms with Crippen molar-refractivity contribution in [2.24, 2.45) is 0 Å². The van der Waals surface area contributed by atoms with Crippen molar-refractivity contribution in [3.63, 3.8) is 0 Å². The number of barbiturate groups is 1. The zero-order valence-corrected chi connectivity index (χ0v) is 22.5. The first-order valence-electron chi connectivity index (χ1n) is 12.0. The molecule has 13 heteroatoms. The van der Waals surface area contributed by atoms with Crippen LogP contribution in [0.3, 0.4) is 0 Å². The standard InChI is InChI=1S/C28H22ClN3O9/c1-3-40-23-14-17(13-22(29)24(23)41-15-16-4-8-20(9-5-16)32(37)38)12-21-25(33)30-28(36)31(26(21)34)19-10-6-18(7-11-19)27(35)39-2/h4-14H,3,15H2,1-2H3,(H,30,33,36)/b21-12+. The van der Waals surface area contributed by atoms with Crippen LogP contribution in [0.15, 0.2) is 66.2 Å². The van der Waals surface area contributed by atoms with Gasteiger partial charge in [0.2, 0.25) is 0 Å². The lowest BCUT2D eigenvalue weighted by Crippen LogP contribution is -2.54. The first-order valence-corrected chi connectivity index (χ1v) is 12.4. The number of methoxy groups -OCH3 is 1. The molecule has 0 aromatic heterocycles. The number of anilines is 1. The van der Waals surface area contributed by atoms with E-state index < -0.39 is 28.7 Å². The van der Waals surface area contributed by atoms with E-state index in [1.54, 1.807) is 19.1 Å². The molecular weight excluding hydrogens is 558 g/mol. The van der Waals surface area contributed by atoms with Crippen LogP contribution in [0.1, 0.15) is 28.4 Å². The number of ether oxygens (including phenoxy) is 3. The Balaban J connectivity index is 1.61. The van der Waals surface area contributed by atoms with Crippen molar-refractivity contribution in [2.45, 2.75) is 13.5 Å². The second kappa shape index (κ2) is 12.3. The minimum Gasteiger partial charge on any atom is -0.490 e. The maximum Gasteiger partial charge on any atom is 0.337 e. The van der Waals surface area contributed by atoms with E-state index in [0.29, 0.717) is 11.1 Å². The summed E-state index contributed by atoms with van der Waals surface area (Å²) in [6.45, 7) is 2.02. The van der Waals surface area contributed by atoms with Crippen molar-refractivity contribution in [3.8, 4) is 11.5 Å². The van der Waals surface area contributed by atoms with Crippen molar-refractivity contribution in [2.75, 3.05) is 18.6 Å².